The average Bonchev–Trinajstić information content (AvgIpc) is 3.26. The molecule has 0 radical (unpaired) electrons. The summed E-state index contributed by atoms with van der Waals surface area (Å²) in [5.41, 5.74) is 1.66. The molecule has 0 spiro atoms. The molecule has 1 saturated carbocycles. The zero-order chi connectivity index (χ0) is 23.6. The SMILES string of the molecule is CCc1ccc(CNC(=O)c2cc3n(n2)C[C@@](C)(C(=O)NC2CCCCC2)N(C)C3=O)cc1. The molecule has 0 saturated heterocycles. The van der Waals surface area contributed by atoms with Crippen LogP contribution in [-0.2, 0) is 24.3 Å². The molecule has 0 unspecified atom stereocenters. The van der Waals surface area contributed by atoms with Gasteiger partial charge in [-0.3, -0.25) is 19.1 Å². The largest absolute Gasteiger partial charge is 0.351 e. The Morgan fingerprint density at radius 3 is 2.45 bits per heavy atom. The van der Waals surface area contributed by atoms with Gasteiger partial charge in [0.1, 0.15) is 11.2 Å². The lowest BCUT2D eigenvalue weighted by atomic mass is 9.92. The molecule has 2 aromatic rings. The van der Waals surface area contributed by atoms with Gasteiger partial charge in [0, 0.05) is 25.7 Å². The minimum atomic E-state index is -1.07. The lowest BCUT2D eigenvalue weighted by Gasteiger charge is -2.41. The molecule has 33 heavy (non-hydrogen) atoms. The Kier molecular flexibility index (Phi) is 6.54. The number of carbonyl (C=O) groups is 3. The van der Waals surface area contributed by atoms with Crippen LogP contribution in [0.4, 0.5) is 0 Å². The van der Waals surface area contributed by atoms with Gasteiger partial charge in [-0.1, -0.05) is 50.5 Å². The highest BCUT2D eigenvalue weighted by Crippen LogP contribution is 2.27. The van der Waals surface area contributed by atoms with E-state index in [0.717, 1.165) is 37.7 Å². The Morgan fingerprint density at radius 1 is 1.12 bits per heavy atom. The van der Waals surface area contributed by atoms with E-state index in [1.54, 1.807) is 14.0 Å². The lowest BCUT2D eigenvalue weighted by molar-refractivity contribution is -0.133. The molecule has 2 heterocycles. The van der Waals surface area contributed by atoms with Crippen LogP contribution in [-0.4, -0.2) is 51.0 Å². The van der Waals surface area contributed by atoms with Gasteiger partial charge >= 0.3 is 0 Å². The van der Waals surface area contributed by atoms with E-state index in [-0.39, 0.29) is 36.0 Å². The van der Waals surface area contributed by atoms with E-state index in [4.69, 9.17) is 0 Å². The molecule has 2 aliphatic rings. The van der Waals surface area contributed by atoms with Crippen molar-refractivity contribution >= 4 is 17.7 Å². The molecule has 1 atom stereocenters. The van der Waals surface area contributed by atoms with Gasteiger partial charge in [-0.05, 0) is 37.3 Å². The first-order chi connectivity index (χ1) is 15.8. The van der Waals surface area contributed by atoms with Gasteiger partial charge in [0.2, 0.25) is 5.91 Å². The Hall–Kier alpha value is -3.16. The number of carbonyl (C=O) groups excluding carboxylic acids is 3. The van der Waals surface area contributed by atoms with Crippen LogP contribution in [0.5, 0.6) is 0 Å². The molecule has 8 nitrogen and oxygen atoms in total. The number of hydrogen-bond donors (Lipinski definition) is 2. The van der Waals surface area contributed by atoms with Crippen molar-refractivity contribution in [2.24, 2.45) is 0 Å². The monoisotopic (exact) mass is 451 g/mol. The highest BCUT2D eigenvalue weighted by atomic mass is 16.2. The highest BCUT2D eigenvalue weighted by Gasteiger charge is 2.46. The molecule has 1 fully saturated rings. The fraction of sp³-hybridized carbons (Fsp3) is 0.520. The summed E-state index contributed by atoms with van der Waals surface area (Å²) in [6.07, 6.45) is 6.33. The average molecular weight is 452 g/mol. The van der Waals surface area contributed by atoms with E-state index in [1.807, 2.05) is 24.3 Å². The summed E-state index contributed by atoms with van der Waals surface area (Å²) in [7, 11) is 1.64. The van der Waals surface area contributed by atoms with E-state index in [0.29, 0.717) is 12.2 Å². The summed E-state index contributed by atoms with van der Waals surface area (Å²) < 4.78 is 1.49. The number of fused-ring (bicyclic) bond motifs is 1. The van der Waals surface area contributed by atoms with Gasteiger partial charge in [-0.2, -0.15) is 5.10 Å². The minimum absolute atomic E-state index is 0.151. The fourth-order valence-corrected chi connectivity index (χ4v) is 4.59. The molecule has 2 N–H and O–H groups in total. The first kappa shape index (κ1) is 23.0. The predicted molar refractivity (Wildman–Crippen MR) is 125 cm³/mol. The molecule has 176 valence electrons. The summed E-state index contributed by atoms with van der Waals surface area (Å²) in [6.45, 7) is 4.43. The van der Waals surface area contributed by atoms with E-state index < -0.39 is 5.54 Å². The third-order valence-corrected chi connectivity index (χ3v) is 7.05. The smallest absolute Gasteiger partial charge is 0.272 e. The van der Waals surface area contributed by atoms with Crippen molar-refractivity contribution in [1.82, 2.24) is 25.3 Å². The van der Waals surface area contributed by atoms with Crippen molar-refractivity contribution < 1.29 is 14.4 Å². The lowest BCUT2D eigenvalue weighted by Crippen LogP contribution is -2.63. The molecule has 1 aromatic carbocycles. The highest BCUT2D eigenvalue weighted by molar-refractivity contribution is 6.01. The number of rotatable bonds is 6. The third kappa shape index (κ3) is 4.65. The van der Waals surface area contributed by atoms with Crippen molar-refractivity contribution in [1.29, 1.82) is 0 Å². The van der Waals surface area contributed by atoms with Crippen LogP contribution in [0.3, 0.4) is 0 Å². The van der Waals surface area contributed by atoms with E-state index in [2.05, 4.69) is 22.7 Å². The van der Waals surface area contributed by atoms with E-state index >= 15 is 0 Å². The van der Waals surface area contributed by atoms with Gasteiger partial charge in [0.05, 0.1) is 6.54 Å². The van der Waals surface area contributed by atoms with Crippen LogP contribution in [0.2, 0.25) is 0 Å². The summed E-state index contributed by atoms with van der Waals surface area (Å²) in [5.74, 6) is -0.836. The summed E-state index contributed by atoms with van der Waals surface area (Å²) in [6, 6.07) is 9.73. The third-order valence-electron chi connectivity index (χ3n) is 7.05. The maximum absolute atomic E-state index is 13.2. The molecule has 1 aromatic heterocycles. The van der Waals surface area contributed by atoms with Gasteiger partial charge in [0.25, 0.3) is 11.8 Å². The number of aryl methyl sites for hydroxylation is 1. The second-order valence-electron chi connectivity index (χ2n) is 9.37. The molecule has 3 amide bonds. The number of aromatic nitrogens is 2. The van der Waals surface area contributed by atoms with Gasteiger partial charge in [0.15, 0.2) is 5.69 Å². The number of likely N-dealkylation sites (N-methyl/N-ethyl adjacent to an activating group) is 1. The summed E-state index contributed by atoms with van der Waals surface area (Å²) in [4.78, 5) is 40.4. The molecule has 1 aliphatic carbocycles. The Morgan fingerprint density at radius 2 is 1.79 bits per heavy atom. The Labute approximate surface area is 194 Å². The zero-order valence-electron chi connectivity index (χ0n) is 19.7. The molecule has 0 bridgehead atoms. The number of amides is 3. The van der Waals surface area contributed by atoms with Crippen LogP contribution in [0, 0.1) is 0 Å². The van der Waals surface area contributed by atoms with Crippen molar-refractivity contribution in [3.8, 4) is 0 Å². The minimum Gasteiger partial charge on any atom is -0.351 e. The first-order valence-corrected chi connectivity index (χ1v) is 11.8. The quantitative estimate of drug-likeness (QED) is 0.706. The fourth-order valence-electron chi connectivity index (χ4n) is 4.59. The van der Waals surface area contributed by atoms with Crippen LogP contribution in [0.25, 0.3) is 0 Å². The number of benzene rings is 1. The number of nitrogens with one attached hydrogen (secondary N) is 2. The standard InChI is InChI=1S/C25H33N5O3/c1-4-17-10-12-18(13-11-17)15-26-22(31)20-14-21-23(32)29(3)25(2,16-30(21)28-20)24(33)27-19-8-6-5-7-9-19/h10-14,19H,4-9,15-16H2,1-3H3,(H,26,31)(H,27,33)/t25-/m0/s1. The van der Waals surface area contributed by atoms with Gasteiger partial charge in [-0.15, -0.1) is 0 Å². The number of hydrogen-bond acceptors (Lipinski definition) is 4. The van der Waals surface area contributed by atoms with Gasteiger partial charge in [-0.25, -0.2) is 0 Å². The van der Waals surface area contributed by atoms with Gasteiger partial charge < -0.3 is 15.5 Å². The van der Waals surface area contributed by atoms with Crippen molar-refractivity contribution in [3.63, 3.8) is 0 Å². The predicted octanol–water partition coefficient (Wildman–Crippen LogP) is 2.67. The molecule has 8 heteroatoms. The molecular weight excluding hydrogens is 418 g/mol. The second kappa shape index (κ2) is 9.37. The molecular formula is C25H33N5O3. The van der Waals surface area contributed by atoms with E-state index in [9.17, 15) is 14.4 Å². The van der Waals surface area contributed by atoms with Crippen LogP contribution < -0.4 is 10.6 Å². The summed E-state index contributed by atoms with van der Waals surface area (Å²) >= 11 is 0. The maximum Gasteiger partial charge on any atom is 0.272 e. The normalized spacial score (nSPS) is 20.9. The summed E-state index contributed by atoms with van der Waals surface area (Å²) in [5, 5.41) is 10.4. The zero-order valence-corrected chi connectivity index (χ0v) is 19.7. The Balaban J connectivity index is 1.45. The molecule has 1 aliphatic heterocycles. The Bertz CT molecular complexity index is 1040. The number of nitrogens with zero attached hydrogens (tertiary/aromatic N) is 3. The molecule has 4 rings (SSSR count). The van der Waals surface area contributed by atoms with Crippen LogP contribution in [0.15, 0.2) is 30.3 Å². The van der Waals surface area contributed by atoms with Crippen molar-refractivity contribution in [2.75, 3.05) is 7.05 Å². The first-order valence-electron chi connectivity index (χ1n) is 11.8. The maximum atomic E-state index is 13.2. The van der Waals surface area contributed by atoms with Crippen LogP contribution in [0.1, 0.15) is 78.1 Å². The van der Waals surface area contributed by atoms with E-state index in [1.165, 1.54) is 27.6 Å². The van der Waals surface area contributed by atoms with Crippen molar-refractivity contribution in [2.45, 2.75) is 77.0 Å². The van der Waals surface area contributed by atoms with Crippen molar-refractivity contribution in [3.05, 3.63) is 52.8 Å². The topological polar surface area (TPSA) is 96.3 Å². The van der Waals surface area contributed by atoms with Crippen LogP contribution >= 0.6 is 0 Å². The second-order valence-corrected chi connectivity index (χ2v) is 9.37.